The molecule has 0 amide bonds. The number of nitrogens with zero attached hydrogens (tertiary/aromatic N) is 2. The summed E-state index contributed by atoms with van der Waals surface area (Å²) in [6.45, 7) is 0. The molecule has 3 N–H and O–H groups in total. The standard InChI is InChI=1S/C34H20N2O8/c37-23-17-22(36-15-11-19(12-16-36)18-9-13-35-14-10-18)32(40)27(29-31(39)21-6-2-4-8-25(21)44-34(29)42)26(23)28-30(38)20-5-1-3-7-24(20)43-33(28)41/h1-17,35H,(H2,37,38,39,40,41,42). The molecule has 0 unspecified atom stereocenters. The molecule has 3 aromatic carbocycles. The number of hydrogen-bond acceptors (Lipinski definition) is 9. The lowest BCUT2D eigenvalue weighted by molar-refractivity contribution is -0.596. The van der Waals surface area contributed by atoms with Gasteiger partial charge in [0.2, 0.25) is 0 Å². The lowest BCUT2D eigenvalue weighted by atomic mass is 9.91. The largest absolute Gasteiger partial charge is 0.871 e. The first-order valence-electron chi connectivity index (χ1n) is 13.3. The van der Waals surface area contributed by atoms with Crippen LogP contribution in [0.15, 0.2) is 122 Å². The highest BCUT2D eigenvalue weighted by molar-refractivity contribution is 6.02. The Morgan fingerprint density at radius 3 is 1.89 bits per heavy atom. The topological polar surface area (TPSA) is 161 Å². The van der Waals surface area contributed by atoms with Crippen LogP contribution in [0, 0.1) is 0 Å². The van der Waals surface area contributed by atoms with E-state index in [9.17, 15) is 30.0 Å². The molecule has 7 aromatic rings. The van der Waals surface area contributed by atoms with E-state index in [-0.39, 0.29) is 27.6 Å². The van der Waals surface area contributed by atoms with Crippen molar-refractivity contribution in [2.45, 2.75) is 0 Å². The first-order chi connectivity index (χ1) is 21.3. The van der Waals surface area contributed by atoms with Gasteiger partial charge in [-0.25, -0.2) is 9.59 Å². The van der Waals surface area contributed by atoms with Crippen LogP contribution < -0.4 is 20.9 Å². The van der Waals surface area contributed by atoms with E-state index in [4.69, 9.17) is 8.83 Å². The Morgan fingerprint density at radius 1 is 0.636 bits per heavy atom. The third-order valence-corrected chi connectivity index (χ3v) is 7.43. The Morgan fingerprint density at radius 2 is 1.20 bits per heavy atom. The fourth-order valence-electron chi connectivity index (χ4n) is 5.35. The van der Waals surface area contributed by atoms with Gasteiger partial charge in [0.1, 0.15) is 28.2 Å². The second kappa shape index (κ2) is 10.1. The second-order valence-electron chi connectivity index (χ2n) is 9.94. The van der Waals surface area contributed by atoms with Crippen molar-refractivity contribution in [3.63, 3.8) is 0 Å². The highest BCUT2D eigenvalue weighted by Crippen LogP contribution is 2.50. The SMILES string of the molecule is O=c1oc2ccccc2c([O-])c1-c1c(O)cc(-[n+]2ccc(-c3ccncc3)cc2)c(O)c1-c1c(O)c2ccccc2oc1=O. The minimum absolute atomic E-state index is 0.0195. The number of para-hydroxylation sites is 2. The van der Waals surface area contributed by atoms with Crippen LogP contribution in [0.25, 0.3) is 61.0 Å². The van der Waals surface area contributed by atoms with Crippen LogP contribution in [0.2, 0.25) is 0 Å². The van der Waals surface area contributed by atoms with Crippen LogP contribution in [-0.4, -0.2) is 20.3 Å². The number of aromatic hydroxyl groups is 3. The van der Waals surface area contributed by atoms with Gasteiger partial charge in [0.25, 0.3) is 5.69 Å². The maximum absolute atomic E-state index is 13.7. The molecule has 0 bridgehead atoms. The number of phenols is 2. The maximum atomic E-state index is 13.7. The van der Waals surface area contributed by atoms with Crippen molar-refractivity contribution in [1.29, 1.82) is 0 Å². The van der Waals surface area contributed by atoms with Gasteiger partial charge < -0.3 is 29.3 Å². The highest BCUT2D eigenvalue weighted by Gasteiger charge is 2.32. The Bertz CT molecular complexity index is 2360. The molecule has 0 aliphatic heterocycles. The second-order valence-corrected chi connectivity index (χ2v) is 9.94. The monoisotopic (exact) mass is 584 g/mol. The molecule has 214 valence electrons. The van der Waals surface area contributed by atoms with Crippen molar-refractivity contribution in [3.8, 4) is 62.1 Å². The van der Waals surface area contributed by atoms with Crippen molar-refractivity contribution in [1.82, 2.24) is 4.98 Å². The van der Waals surface area contributed by atoms with Gasteiger partial charge in [-0.15, -0.1) is 0 Å². The molecule has 10 heteroatoms. The van der Waals surface area contributed by atoms with E-state index >= 15 is 0 Å². The first kappa shape index (κ1) is 26.5. The molecule has 0 aliphatic rings. The molecule has 10 nitrogen and oxygen atoms in total. The van der Waals surface area contributed by atoms with E-state index in [2.05, 4.69) is 4.98 Å². The fraction of sp³-hybridized carbons (Fsp3) is 0. The number of rotatable bonds is 4. The molecular weight excluding hydrogens is 564 g/mol. The maximum Gasteiger partial charge on any atom is 0.348 e. The Labute approximate surface area is 247 Å². The van der Waals surface area contributed by atoms with Gasteiger partial charge in [-0.1, -0.05) is 36.1 Å². The summed E-state index contributed by atoms with van der Waals surface area (Å²) in [5.41, 5.74) is -2.58. The molecule has 44 heavy (non-hydrogen) atoms. The van der Waals surface area contributed by atoms with Crippen molar-refractivity contribution in [2.75, 3.05) is 0 Å². The van der Waals surface area contributed by atoms with E-state index in [1.807, 2.05) is 12.1 Å². The smallest absolute Gasteiger partial charge is 0.348 e. The average molecular weight is 585 g/mol. The number of aromatic nitrogens is 2. The summed E-state index contributed by atoms with van der Waals surface area (Å²) < 4.78 is 12.3. The molecular formula is C34H20N2O8. The summed E-state index contributed by atoms with van der Waals surface area (Å²) in [4.78, 5) is 30.7. The number of pyridine rings is 2. The van der Waals surface area contributed by atoms with E-state index in [0.717, 1.165) is 17.2 Å². The van der Waals surface area contributed by atoms with E-state index in [0.29, 0.717) is 0 Å². The van der Waals surface area contributed by atoms with Gasteiger partial charge >= 0.3 is 11.3 Å². The van der Waals surface area contributed by atoms with Gasteiger partial charge in [-0.05, 0) is 41.5 Å². The van der Waals surface area contributed by atoms with Gasteiger partial charge in [-0.3, -0.25) is 4.98 Å². The summed E-state index contributed by atoms with van der Waals surface area (Å²) >= 11 is 0. The predicted octanol–water partition coefficient (Wildman–Crippen LogP) is 4.76. The fourth-order valence-corrected chi connectivity index (χ4v) is 5.35. The Balaban J connectivity index is 1.56. The number of phenolic OH excluding ortho intramolecular Hbond substituents is 2. The molecule has 0 radical (unpaired) electrons. The van der Waals surface area contributed by atoms with Gasteiger partial charge in [0, 0.05) is 35.5 Å². The van der Waals surface area contributed by atoms with E-state index < -0.39 is 56.5 Å². The van der Waals surface area contributed by atoms with Crippen molar-refractivity contribution in [3.05, 3.63) is 124 Å². The number of benzene rings is 3. The van der Waals surface area contributed by atoms with Gasteiger partial charge in [-0.2, -0.15) is 4.57 Å². The minimum Gasteiger partial charge on any atom is -0.871 e. The Kier molecular flexibility index (Phi) is 6.10. The molecule has 0 saturated heterocycles. The molecule has 4 aromatic heterocycles. The summed E-state index contributed by atoms with van der Waals surface area (Å²) in [7, 11) is 0. The average Bonchev–Trinajstić information content (AvgIpc) is 3.04. The molecule has 4 heterocycles. The van der Waals surface area contributed by atoms with E-state index in [1.165, 1.54) is 28.8 Å². The third kappa shape index (κ3) is 4.12. The lowest BCUT2D eigenvalue weighted by Crippen LogP contribution is -2.29. The molecule has 7 rings (SSSR count). The first-order valence-corrected chi connectivity index (χ1v) is 13.3. The van der Waals surface area contributed by atoms with Crippen LogP contribution in [0.3, 0.4) is 0 Å². The molecule has 0 fully saturated rings. The van der Waals surface area contributed by atoms with E-state index in [1.54, 1.807) is 61.2 Å². The normalized spacial score (nSPS) is 11.3. The minimum atomic E-state index is -1.11. The summed E-state index contributed by atoms with van der Waals surface area (Å²) in [6, 6.07) is 20.5. The van der Waals surface area contributed by atoms with Crippen LogP contribution in [0.4, 0.5) is 0 Å². The predicted molar refractivity (Wildman–Crippen MR) is 159 cm³/mol. The van der Waals surface area contributed by atoms with Crippen LogP contribution in [-0.2, 0) is 0 Å². The number of hydrogen-bond donors (Lipinski definition) is 3. The summed E-state index contributed by atoms with van der Waals surface area (Å²) in [5.74, 6) is -2.64. The molecule has 0 spiro atoms. The van der Waals surface area contributed by atoms with Gasteiger partial charge in [0.05, 0.1) is 22.6 Å². The zero-order valence-corrected chi connectivity index (χ0v) is 22.6. The summed E-state index contributed by atoms with van der Waals surface area (Å²) in [5, 5.41) is 48.5. The molecule has 0 saturated carbocycles. The van der Waals surface area contributed by atoms with Crippen molar-refractivity contribution >= 4 is 21.9 Å². The quantitative estimate of drug-likeness (QED) is 0.150. The summed E-state index contributed by atoms with van der Waals surface area (Å²) in [6.07, 6.45) is 6.53. The van der Waals surface area contributed by atoms with Gasteiger partial charge in [0.15, 0.2) is 18.1 Å². The van der Waals surface area contributed by atoms with Crippen LogP contribution >= 0.6 is 0 Å². The number of fused-ring (bicyclic) bond motifs is 2. The Hall–Kier alpha value is -6.42. The molecule has 0 aliphatic carbocycles. The zero-order valence-electron chi connectivity index (χ0n) is 22.6. The van der Waals surface area contributed by atoms with Crippen LogP contribution in [0.5, 0.6) is 23.0 Å². The van der Waals surface area contributed by atoms with Crippen LogP contribution in [0.1, 0.15) is 0 Å². The lowest BCUT2D eigenvalue weighted by Gasteiger charge is -2.20. The van der Waals surface area contributed by atoms with Crippen molar-refractivity contribution < 1.29 is 33.8 Å². The zero-order chi connectivity index (χ0) is 30.5. The van der Waals surface area contributed by atoms with Crippen molar-refractivity contribution in [2.24, 2.45) is 0 Å². The third-order valence-electron chi connectivity index (χ3n) is 7.43. The molecule has 0 atom stereocenters. The highest BCUT2D eigenvalue weighted by atomic mass is 16.4.